The van der Waals surface area contributed by atoms with Crippen molar-refractivity contribution < 1.29 is 19.4 Å². The lowest BCUT2D eigenvalue weighted by Crippen LogP contribution is -2.14. The minimum Gasteiger partial charge on any atom is -0.484 e. The summed E-state index contributed by atoms with van der Waals surface area (Å²) in [5.74, 6) is -0.308. The molecule has 1 rings (SSSR count). The summed E-state index contributed by atoms with van der Waals surface area (Å²) in [6, 6.07) is 7.26. The van der Waals surface area contributed by atoms with E-state index in [1.807, 2.05) is 32.0 Å². The second-order valence-corrected chi connectivity index (χ2v) is 4.30. The molecule has 4 nitrogen and oxygen atoms in total. The summed E-state index contributed by atoms with van der Waals surface area (Å²) in [6.07, 6.45) is 1.51. The van der Waals surface area contributed by atoms with Crippen LogP contribution in [-0.4, -0.2) is 23.8 Å². The van der Waals surface area contributed by atoms with Crippen LogP contribution in [0.1, 0.15) is 31.9 Å². The minimum absolute atomic E-state index is 0.0402. The molecule has 0 amide bonds. The number of esters is 1. The minimum atomic E-state index is -0.481. The second-order valence-electron chi connectivity index (χ2n) is 4.30. The van der Waals surface area contributed by atoms with Crippen molar-refractivity contribution in [1.29, 1.82) is 0 Å². The molecule has 0 aromatic heterocycles. The number of aliphatic hydroxyl groups excluding tert-OH is 1. The molecular formula is C15H20O4. The number of ether oxygens (including phenoxy) is 2. The van der Waals surface area contributed by atoms with Gasteiger partial charge >= 0.3 is 5.97 Å². The molecule has 0 saturated carbocycles. The van der Waals surface area contributed by atoms with Gasteiger partial charge in [-0.05, 0) is 44.0 Å². The lowest BCUT2D eigenvalue weighted by Gasteiger charge is -2.12. The summed E-state index contributed by atoms with van der Waals surface area (Å²) in [4.78, 5) is 11.8. The first-order chi connectivity index (χ1) is 9.06. The summed E-state index contributed by atoms with van der Waals surface area (Å²) >= 11 is 0. The van der Waals surface area contributed by atoms with Crippen molar-refractivity contribution in [3.63, 3.8) is 0 Å². The van der Waals surface area contributed by atoms with Crippen LogP contribution in [0, 0.1) is 0 Å². The zero-order valence-electron chi connectivity index (χ0n) is 11.6. The first-order valence-corrected chi connectivity index (χ1v) is 6.32. The fourth-order valence-electron chi connectivity index (χ4n) is 1.53. The molecule has 0 bridgehead atoms. The van der Waals surface area contributed by atoms with E-state index in [2.05, 4.69) is 0 Å². The predicted octanol–water partition coefficient (Wildman–Crippen LogP) is 2.51. The van der Waals surface area contributed by atoms with E-state index in [-0.39, 0.29) is 18.5 Å². The van der Waals surface area contributed by atoms with Crippen molar-refractivity contribution in [3.8, 4) is 0 Å². The van der Waals surface area contributed by atoms with Crippen LogP contribution in [0.2, 0.25) is 0 Å². The van der Waals surface area contributed by atoms with Crippen LogP contribution in [0.3, 0.4) is 0 Å². The van der Waals surface area contributed by atoms with Gasteiger partial charge in [0.15, 0.2) is 0 Å². The second kappa shape index (κ2) is 7.59. The van der Waals surface area contributed by atoms with Gasteiger partial charge in [0.25, 0.3) is 0 Å². The molecule has 0 unspecified atom stereocenters. The SMILES string of the molecule is CCOC(=O)/C(=C/c1cccc(CO)c1)OC(C)C. The zero-order valence-corrected chi connectivity index (χ0v) is 11.6. The van der Waals surface area contributed by atoms with E-state index in [0.29, 0.717) is 6.61 Å². The maximum atomic E-state index is 11.8. The normalized spacial score (nSPS) is 11.5. The monoisotopic (exact) mass is 264 g/mol. The van der Waals surface area contributed by atoms with Crippen molar-refractivity contribution in [2.45, 2.75) is 33.5 Å². The fraction of sp³-hybridized carbons (Fsp3) is 0.400. The highest BCUT2D eigenvalue weighted by atomic mass is 16.6. The van der Waals surface area contributed by atoms with Crippen LogP contribution in [0.25, 0.3) is 6.08 Å². The van der Waals surface area contributed by atoms with Crippen LogP contribution in [0.5, 0.6) is 0 Å². The van der Waals surface area contributed by atoms with Crippen molar-refractivity contribution in [1.82, 2.24) is 0 Å². The molecule has 19 heavy (non-hydrogen) atoms. The van der Waals surface area contributed by atoms with Crippen LogP contribution in [0.4, 0.5) is 0 Å². The molecular weight excluding hydrogens is 244 g/mol. The van der Waals surface area contributed by atoms with Crippen LogP contribution in [0.15, 0.2) is 30.0 Å². The molecule has 4 heteroatoms. The Kier molecular flexibility index (Phi) is 6.09. The van der Waals surface area contributed by atoms with Crippen molar-refractivity contribution in [3.05, 3.63) is 41.2 Å². The molecule has 0 aliphatic heterocycles. The number of hydrogen-bond acceptors (Lipinski definition) is 4. The Morgan fingerprint density at radius 2 is 2.16 bits per heavy atom. The van der Waals surface area contributed by atoms with E-state index >= 15 is 0 Å². The molecule has 0 heterocycles. The maximum Gasteiger partial charge on any atom is 0.373 e. The van der Waals surface area contributed by atoms with Gasteiger partial charge in [0.2, 0.25) is 5.76 Å². The Hall–Kier alpha value is -1.81. The van der Waals surface area contributed by atoms with Gasteiger partial charge in [0.1, 0.15) is 0 Å². The standard InChI is InChI=1S/C15H20O4/c1-4-18-15(17)14(19-11(2)3)9-12-6-5-7-13(8-12)10-16/h5-9,11,16H,4,10H2,1-3H3/b14-9-. The number of rotatable bonds is 6. The highest BCUT2D eigenvalue weighted by molar-refractivity contribution is 5.91. The highest BCUT2D eigenvalue weighted by Crippen LogP contribution is 2.13. The smallest absolute Gasteiger partial charge is 0.373 e. The van der Waals surface area contributed by atoms with Crippen molar-refractivity contribution >= 4 is 12.0 Å². The van der Waals surface area contributed by atoms with Gasteiger partial charge in [-0.2, -0.15) is 0 Å². The lowest BCUT2D eigenvalue weighted by atomic mass is 10.1. The number of carbonyl (C=O) groups excluding carboxylic acids is 1. The third-order valence-electron chi connectivity index (χ3n) is 2.27. The summed E-state index contributed by atoms with van der Waals surface area (Å²) in [7, 11) is 0. The van der Waals surface area contributed by atoms with E-state index in [1.54, 1.807) is 19.1 Å². The van der Waals surface area contributed by atoms with Gasteiger partial charge < -0.3 is 14.6 Å². The third kappa shape index (κ3) is 5.14. The van der Waals surface area contributed by atoms with E-state index in [9.17, 15) is 4.79 Å². The number of carbonyl (C=O) groups is 1. The van der Waals surface area contributed by atoms with Gasteiger partial charge in [0, 0.05) is 0 Å². The first-order valence-electron chi connectivity index (χ1n) is 6.32. The lowest BCUT2D eigenvalue weighted by molar-refractivity contribution is -0.143. The van der Waals surface area contributed by atoms with E-state index in [1.165, 1.54) is 0 Å². The quantitative estimate of drug-likeness (QED) is 0.487. The Morgan fingerprint density at radius 3 is 2.74 bits per heavy atom. The molecule has 0 atom stereocenters. The van der Waals surface area contributed by atoms with Crippen LogP contribution in [-0.2, 0) is 20.9 Å². The zero-order chi connectivity index (χ0) is 14.3. The summed E-state index contributed by atoms with van der Waals surface area (Å²) in [5, 5.41) is 9.09. The molecule has 1 aromatic rings. The van der Waals surface area contributed by atoms with Gasteiger partial charge in [0.05, 0.1) is 19.3 Å². The Labute approximate surface area is 113 Å². The molecule has 0 radical (unpaired) electrons. The molecule has 0 fully saturated rings. The van der Waals surface area contributed by atoms with Crippen molar-refractivity contribution in [2.75, 3.05) is 6.61 Å². The Morgan fingerprint density at radius 1 is 1.42 bits per heavy atom. The number of aliphatic hydroxyl groups is 1. The van der Waals surface area contributed by atoms with Gasteiger partial charge in [-0.3, -0.25) is 0 Å². The van der Waals surface area contributed by atoms with Gasteiger partial charge in [-0.25, -0.2) is 4.79 Å². The Balaban J connectivity index is 3.00. The van der Waals surface area contributed by atoms with Gasteiger partial charge in [-0.15, -0.1) is 0 Å². The van der Waals surface area contributed by atoms with E-state index in [4.69, 9.17) is 14.6 Å². The van der Waals surface area contributed by atoms with E-state index < -0.39 is 5.97 Å². The molecule has 1 aromatic carbocycles. The molecule has 104 valence electrons. The molecule has 0 saturated heterocycles. The van der Waals surface area contributed by atoms with Gasteiger partial charge in [-0.1, -0.05) is 18.2 Å². The fourth-order valence-corrected chi connectivity index (χ4v) is 1.53. The maximum absolute atomic E-state index is 11.8. The van der Waals surface area contributed by atoms with Crippen LogP contribution < -0.4 is 0 Å². The number of hydrogen-bond donors (Lipinski definition) is 1. The summed E-state index contributed by atoms with van der Waals surface area (Å²) < 4.78 is 10.4. The highest BCUT2D eigenvalue weighted by Gasteiger charge is 2.14. The average Bonchev–Trinajstić information content (AvgIpc) is 2.38. The average molecular weight is 264 g/mol. The topological polar surface area (TPSA) is 55.8 Å². The molecule has 1 N–H and O–H groups in total. The summed E-state index contributed by atoms with van der Waals surface area (Å²) in [5.41, 5.74) is 1.57. The van der Waals surface area contributed by atoms with Crippen molar-refractivity contribution in [2.24, 2.45) is 0 Å². The third-order valence-corrected chi connectivity index (χ3v) is 2.27. The number of benzene rings is 1. The molecule has 0 aliphatic rings. The van der Waals surface area contributed by atoms with Crippen LogP contribution >= 0.6 is 0 Å². The first kappa shape index (κ1) is 15.2. The largest absolute Gasteiger partial charge is 0.484 e. The van der Waals surface area contributed by atoms with E-state index in [0.717, 1.165) is 11.1 Å². The molecule has 0 spiro atoms. The predicted molar refractivity (Wildman–Crippen MR) is 73.2 cm³/mol. The molecule has 0 aliphatic carbocycles. The summed E-state index contributed by atoms with van der Waals surface area (Å²) in [6.45, 7) is 5.70. The Bertz CT molecular complexity index is 449.